The fourth-order valence-electron chi connectivity index (χ4n) is 4.08. The second-order valence-electron chi connectivity index (χ2n) is 8.94. The molecule has 0 fully saturated rings. The first kappa shape index (κ1) is 24.4. The number of oxazole rings is 1. The van der Waals surface area contributed by atoms with E-state index in [4.69, 9.17) is 4.42 Å². The summed E-state index contributed by atoms with van der Waals surface area (Å²) in [6.07, 6.45) is 4.00. The minimum Gasteiger partial charge on any atom is -0.408 e. The standard InChI is InChI=1S/C26H31N5O4/c1-4-5-6-9-14-31-25(33)20-11-8-7-10-19(20)23(28-31)24(32)27-18-12-13-22-21(17-18)30(26(34)35-22)16-15-29(2)3/h7-8,10-13,17H,4-6,9,14-16H2,1-3H3,(H,27,32). The van der Waals surface area contributed by atoms with Gasteiger partial charge in [0.2, 0.25) is 0 Å². The van der Waals surface area contributed by atoms with Crippen LogP contribution in [0.3, 0.4) is 0 Å². The van der Waals surface area contributed by atoms with Gasteiger partial charge in [0.25, 0.3) is 11.5 Å². The van der Waals surface area contributed by atoms with Crippen LogP contribution >= 0.6 is 0 Å². The number of likely N-dealkylation sites (N-methyl/N-ethyl adjacent to an activating group) is 1. The quantitative estimate of drug-likeness (QED) is 0.350. The maximum Gasteiger partial charge on any atom is 0.419 e. The number of nitrogens with zero attached hydrogens (tertiary/aromatic N) is 4. The summed E-state index contributed by atoms with van der Waals surface area (Å²) in [4.78, 5) is 40.5. The van der Waals surface area contributed by atoms with E-state index in [2.05, 4.69) is 17.3 Å². The van der Waals surface area contributed by atoms with Crippen LogP contribution in [0.2, 0.25) is 0 Å². The normalized spacial score (nSPS) is 11.5. The predicted octanol–water partition coefficient (Wildman–Crippen LogP) is 3.70. The molecule has 0 radical (unpaired) electrons. The van der Waals surface area contributed by atoms with Gasteiger partial charge in [0.15, 0.2) is 11.3 Å². The van der Waals surface area contributed by atoms with Gasteiger partial charge in [0.05, 0.1) is 10.9 Å². The Morgan fingerprint density at radius 1 is 1.03 bits per heavy atom. The summed E-state index contributed by atoms with van der Waals surface area (Å²) in [5, 5.41) is 8.29. The number of benzene rings is 2. The monoisotopic (exact) mass is 477 g/mol. The van der Waals surface area contributed by atoms with E-state index in [1.165, 1.54) is 4.68 Å². The van der Waals surface area contributed by atoms with Crippen LogP contribution in [-0.4, -0.2) is 45.8 Å². The molecule has 0 saturated carbocycles. The highest BCUT2D eigenvalue weighted by Crippen LogP contribution is 2.21. The van der Waals surface area contributed by atoms with Crippen LogP contribution < -0.4 is 16.6 Å². The molecule has 0 unspecified atom stereocenters. The molecule has 2 aromatic heterocycles. The second-order valence-corrected chi connectivity index (χ2v) is 8.94. The lowest BCUT2D eigenvalue weighted by Crippen LogP contribution is -2.27. The molecule has 184 valence electrons. The van der Waals surface area contributed by atoms with Crippen LogP contribution in [0, 0.1) is 0 Å². The topological polar surface area (TPSA) is 102 Å². The Morgan fingerprint density at radius 3 is 2.54 bits per heavy atom. The molecule has 0 spiro atoms. The van der Waals surface area contributed by atoms with Crippen LogP contribution in [0.15, 0.2) is 56.5 Å². The number of nitrogens with one attached hydrogen (secondary N) is 1. The average molecular weight is 478 g/mol. The third-order valence-corrected chi connectivity index (χ3v) is 6.00. The molecule has 9 nitrogen and oxygen atoms in total. The number of hydrogen-bond donors (Lipinski definition) is 1. The van der Waals surface area contributed by atoms with E-state index in [-0.39, 0.29) is 11.3 Å². The van der Waals surface area contributed by atoms with Crippen molar-refractivity contribution >= 4 is 33.5 Å². The van der Waals surface area contributed by atoms with Crippen LogP contribution in [0.1, 0.15) is 43.1 Å². The van der Waals surface area contributed by atoms with Gasteiger partial charge in [-0.15, -0.1) is 0 Å². The first-order valence-corrected chi connectivity index (χ1v) is 12.0. The van der Waals surface area contributed by atoms with Gasteiger partial charge < -0.3 is 14.6 Å². The van der Waals surface area contributed by atoms with E-state index in [0.717, 1.165) is 25.7 Å². The van der Waals surface area contributed by atoms with Gasteiger partial charge in [-0.05, 0) is 44.8 Å². The van der Waals surface area contributed by atoms with Crippen molar-refractivity contribution in [3.63, 3.8) is 0 Å². The van der Waals surface area contributed by atoms with Crippen molar-refractivity contribution < 1.29 is 9.21 Å². The number of carbonyl (C=O) groups is 1. The lowest BCUT2D eigenvalue weighted by molar-refractivity contribution is 0.102. The molecule has 0 aliphatic rings. The maximum absolute atomic E-state index is 13.3. The van der Waals surface area contributed by atoms with Crippen molar-refractivity contribution in [3.05, 3.63) is 69.1 Å². The zero-order valence-electron chi connectivity index (χ0n) is 20.4. The average Bonchev–Trinajstić information content (AvgIpc) is 3.15. The number of aryl methyl sites for hydroxylation is 1. The Morgan fingerprint density at radius 2 is 1.80 bits per heavy atom. The van der Waals surface area contributed by atoms with Gasteiger partial charge in [-0.25, -0.2) is 9.48 Å². The highest BCUT2D eigenvalue weighted by atomic mass is 16.4. The molecule has 4 aromatic rings. The number of anilines is 1. The van der Waals surface area contributed by atoms with Crippen molar-refractivity contribution in [3.8, 4) is 0 Å². The molecule has 0 saturated heterocycles. The summed E-state index contributed by atoms with van der Waals surface area (Å²) in [5.41, 5.74) is 1.56. The highest BCUT2D eigenvalue weighted by Gasteiger charge is 2.18. The molecule has 9 heteroatoms. The number of fused-ring (bicyclic) bond motifs is 2. The second kappa shape index (κ2) is 10.7. The molecular weight excluding hydrogens is 446 g/mol. The largest absolute Gasteiger partial charge is 0.419 e. The number of carbonyl (C=O) groups excluding carboxylic acids is 1. The first-order chi connectivity index (χ1) is 16.9. The summed E-state index contributed by atoms with van der Waals surface area (Å²) in [6.45, 7) is 3.72. The minimum atomic E-state index is -0.437. The van der Waals surface area contributed by atoms with E-state index in [9.17, 15) is 14.4 Å². The lowest BCUT2D eigenvalue weighted by Gasteiger charge is -2.12. The number of unbranched alkanes of at least 4 members (excludes halogenated alkanes) is 3. The summed E-state index contributed by atoms with van der Waals surface area (Å²) in [6, 6.07) is 12.1. The van der Waals surface area contributed by atoms with E-state index >= 15 is 0 Å². The van der Waals surface area contributed by atoms with Crippen LogP contribution in [0.4, 0.5) is 5.69 Å². The van der Waals surface area contributed by atoms with Crippen molar-refractivity contribution in [1.82, 2.24) is 19.2 Å². The fourth-order valence-corrected chi connectivity index (χ4v) is 4.08. The Kier molecular flexibility index (Phi) is 7.45. The molecule has 2 aromatic carbocycles. The Hall–Kier alpha value is -3.72. The Bertz CT molecular complexity index is 1460. The molecule has 1 amide bonds. The number of rotatable bonds is 10. The van der Waals surface area contributed by atoms with Crippen molar-refractivity contribution in [2.75, 3.05) is 26.0 Å². The predicted molar refractivity (Wildman–Crippen MR) is 137 cm³/mol. The van der Waals surface area contributed by atoms with E-state index in [1.807, 2.05) is 19.0 Å². The molecule has 1 N–H and O–H groups in total. The van der Waals surface area contributed by atoms with Gasteiger partial charge >= 0.3 is 5.76 Å². The molecule has 4 rings (SSSR count). The van der Waals surface area contributed by atoms with Crippen molar-refractivity contribution in [1.29, 1.82) is 0 Å². The molecule has 0 atom stereocenters. The van der Waals surface area contributed by atoms with Gasteiger partial charge in [-0.1, -0.05) is 44.4 Å². The third kappa shape index (κ3) is 5.35. The highest BCUT2D eigenvalue weighted by molar-refractivity contribution is 6.11. The lowest BCUT2D eigenvalue weighted by atomic mass is 10.1. The van der Waals surface area contributed by atoms with Gasteiger partial charge in [-0.3, -0.25) is 14.2 Å². The first-order valence-electron chi connectivity index (χ1n) is 12.0. The summed E-state index contributed by atoms with van der Waals surface area (Å²) in [5.74, 6) is -0.860. The van der Waals surface area contributed by atoms with Crippen LogP contribution in [-0.2, 0) is 13.1 Å². The van der Waals surface area contributed by atoms with Crippen molar-refractivity contribution in [2.45, 2.75) is 45.7 Å². The van der Waals surface area contributed by atoms with Gasteiger partial charge in [-0.2, -0.15) is 5.10 Å². The van der Waals surface area contributed by atoms with E-state index in [1.54, 1.807) is 47.0 Å². The number of amides is 1. The third-order valence-electron chi connectivity index (χ3n) is 6.00. The molecule has 2 heterocycles. The van der Waals surface area contributed by atoms with E-state index in [0.29, 0.717) is 47.2 Å². The molecule has 35 heavy (non-hydrogen) atoms. The van der Waals surface area contributed by atoms with Gasteiger partial charge in [0, 0.05) is 30.7 Å². The van der Waals surface area contributed by atoms with Crippen LogP contribution in [0.5, 0.6) is 0 Å². The van der Waals surface area contributed by atoms with Crippen LogP contribution in [0.25, 0.3) is 21.9 Å². The SMILES string of the molecule is CCCCCCn1nc(C(=O)Nc2ccc3oc(=O)n(CCN(C)C)c3c2)c2ccccc2c1=O. The zero-order chi connectivity index (χ0) is 24.9. The number of aromatic nitrogens is 3. The molecule has 0 bridgehead atoms. The van der Waals surface area contributed by atoms with Gasteiger partial charge in [0.1, 0.15) is 0 Å². The molecule has 0 aliphatic carbocycles. The zero-order valence-corrected chi connectivity index (χ0v) is 20.4. The Labute approximate surface area is 203 Å². The maximum atomic E-state index is 13.3. The molecular formula is C26H31N5O4. The summed E-state index contributed by atoms with van der Waals surface area (Å²) < 4.78 is 8.29. The Balaban J connectivity index is 1.66. The fraction of sp³-hybridized carbons (Fsp3) is 0.385. The minimum absolute atomic E-state index is 0.188. The molecule has 0 aliphatic heterocycles. The summed E-state index contributed by atoms with van der Waals surface area (Å²) in [7, 11) is 3.86. The van der Waals surface area contributed by atoms with Crippen molar-refractivity contribution in [2.24, 2.45) is 0 Å². The summed E-state index contributed by atoms with van der Waals surface area (Å²) >= 11 is 0. The smallest absolute Gasteiger partial charge is 0.408 e. The number of hydrogen-bond acceptors (Lipinski definition) is 6. The van der Waals surface area contributed by atoms with E-state index < -0.39 is 11.7 Å².